The van der Waals surface area contributed by atoms with Crippen molar-refractivity contribution in [2.24, 2.45) is 11.7 Å². The van der Waals surface area contributed by atoms with Gasteiger partial charge in [0.1, 0.15) is 6.04 Å². The molecule has 0 saturated carbocycles. The number of esters is 1. The second-order valence-corrected chi connectivity index (χ2v) is 6.05. The predicted octanol–water partition coefficient (Wildman–Crippen LogP) is 0.455. The fourth-order valence-corrected chi connectivity index (χ4v) is 1.88. The molecule has 0 aliphatic rings. The SMILES string of the molecule is CC(C)C[C@H](N)C(=O)N[C@@H](CCC(=O)C=[N+]=N)C(=O)OC(C)C. The van der Waals surface area contributed by atoms with Crippen molar-refractivity contribution in [1.82, 2.24) is 5.32 Å². The number of nitrogens with zero attached hydrogens (tertiary/aromatic N) is 1. The van der Waals surface area contributed by atoms with Gasteiger partial charge in [-0.1, -0.05) is 13.8 Å². The normalized spacial score (nSPS) is 13.2. The van der Waals surface area contributed by atoms with Crippen molar-refractivity contribution >= 4 is 23.9 Å². The summed E-state index contributed by atoms with van der Waals surface area (Å²) in [5.41, 5.74) is 12.4. The summed E-state index contributed by atoms with van der Waals surface area (Å²) in [5.74, 6) is -1.22. The Balaban J connectivity index is 4.83. The Labute approximate surface area is 136 Å². The standard InChI is InChI=1S/C15H26N4O4/c1-9(2)7-12(16)14(21)19-13(15(22)23-10(3)4)6-5-11(20)8-18-17/h8-10,12-13,17H,5-7,16H2,1-4H3/p+1/t12-,13-/m0/s1. The molecule has 0 aliphatic carbocycles. The molecular weight excluding hydrogens is 300 g/mol. The van der Waals surface area contributed by atoms with Gasteiger partial charge in [-0.05, 0) is 32.6 Å². The number of nitrogens with one attached hydrogen (secondary N) is 2. The summed E-state index contributed by atoms with van der Waals surface area (Å²) in [6.07, 6.45) is 1.05. The lowest BCUT2D eigenvalue weighted by Crippen LogP contribution is -2.49. The minimum Gasteiger partial charge on any atom is -0.461 e. The zero-order valence-electron chi connectivity index (χ0n) is 14.2. The number of nitrogens with two attached hydrogens (primary N) is 1. The van der Waals surface area contributed by atoms with E-state index in [2.05, 4.69) is 10.1 Å². The number of amides is 1. The largest absolute Gasteiger partial charge is 0.461 e. The molecule has 0 aliphatic heterocycles. The lowest BCUT2D eigenvalue weighted by Gasteiger charge is -2.21. The first-order valence-corrected chi connectivity index (χ1v) is 7.66. The van der Waals surface area contributed by atoms with E-state index < -0.39 is 29.7 Å². The predicted molar refractivity (Wildman–Crippen MR) is 83.9 cm³/mol. The highest BCUT2D eigenvalue weighted by Gasteiger charge is 2.26. The maximum atomic E-state index is 12.1. The van der Waals surface area contributed by atoms with Crippen molar-refractivity contribution in [3.8, 4) is 0 Å². The molecule has 1 amide bonds. The highest BCUT2D eigenvalue weighted by atomic mass is 16.5. The molecule has 0 fully saturated rings. The van der Waals surface area contributed by atoms with E-state index in [1.165, 1.54) is 0 Å². The molecule has 0 aromatic heterocycles. The third-order valence-corrected chi connectivity index (χ3v) is 2.90. The molecule has 2 atom stereocenters. The molecule has 0 rings (SSSR count). The molecule has 0 radical (unpaired) electrons. The Morgan fingerprint density at radius 3 is 2.35 bits per heavy atom. The summed E-state index contributed by atoms with van der Waals surface area (Å²) < 4.78 is 5.09. The number of rotatable bonds is 10. The van der Waals surface area contributed by atoms with Crippen LogP contribution in [-0.2, 0) is 19.1 Å². The van der Waals surface area contributed by atoms with Crippen molar-refractivity contribution in [3.05, 3.63) is 0 Å². The minimum atomic E-state index is -0.953. The Kier molecular flexibility index (Phi) is 9.69. The van der Waals surface area contributed by atoms with Gasteiger partial charge in [0, 0.05) is 6.42 Å². The van der Waals surface area contributed by atoms with Gasteiger partial charge in [-0.3, -0.25) is 9.59 Å². The minimum absolute atomic E-state index is 0.0278. The maximum absolute atomic E-state index is 12.1. The van der Waals surface area contributed by atoms with E-state index in [-0.39, 0.29) is 24.9 Å². The second-order valence-electron chi connectivity index (χ2n) is 6.05. The topological polar surface area (TPSA) is 136 Å². The van der Waals surface area contributed by atoms with Crippen LogP contribution < -0.4 is 11.1 Å². The first-order chi connectivity index (χ1) is 10.7. The molecule has 0 aromatic rings. The van der Waals surface area contributed by atoms with Crippen LogP contribution in [-0.4, -0.2) is 46.9 Å². The quantitative estimate of drug-likeness (QED) is 0.232. The maximum Gasteiger partial charge on any atom is 0.372 e. The number of hydrogen-bond donors (Lipinski definition) is 3. The molecule has 0 bridgehead atoms. The lowest BCUT2D eigenvalue weighted by molar-refractivity contribution is -0.152. The Morgan fingerprint density at radius 1 is 1.26 bits per heavy atom. The fourth-order valence-electron chi connectivity index (χ4n) is 1.88. The van der Waals surface area contributed by atoms with E-state index in [1.54, 1.807) is 13.8 Å². The van der Waals surface area contributed by atoms with Gasteiger partial charge in [0.05, 0.1) is 22.5 Å². The number of ether oxygens (including phenoxy) is 1. The summed E-state index contributed by atoms with van der Waals surface area (Å²) >= 11 is 0. The summed E-state index contributed by atoms with van der Waals surface area (Å²) in [7, 11) is 0. The van der Waals surface area contributed by atoms with E-state index in [4.69, 9.17) is 16.0 Å². The molecule has 0 aromatic carbocycles. The summed E-state index contributed by atoms with van der Waals surface area (Å²) in [6, 6.07) is -1.68. The number of hydrogen-bond acceptors (Lipinski definition) is 6. The molecular formula is C15H27N4O4+. The molecule has 0 unspecified atom stereocenters. The smallest absolute Gasteiger partial charge is 0.372 e. The zero-order chi connectivity index (χ0) is 18.0. The zero-order valence-corrected chi connectivity index (χ0v) is 14.2. The van der Waals surface area contributed by atoms with E-state index >= 15 is 0 Å². The average molecular weight is 327 g/mol. The third-order valence-electron chi connectivity index (χ3n) is 2.90. The highest BCUT2D eigenvalue weighted by Crippen LogP contribution is 2.06. The Morgan fingerprint density at radius 2 is 1.87 bits per heavy atom. The second kappa shape index (κ2) is 10.6. The van der Waals surface area contributed by atoms with Crippen LogP contribution in [0.1, 0.15) is 47.0 Å². The molecule has 8 heteroatoms. The van der Waals surface area contributed by atoms with Gasteiger partial charge < -0.3 is 15.8 Å². The first kappa shape index (κ1) is 20.9. The van der Waals surface area contributed by atoms with E-state index in [0.29, 0.717) is 6.42 Å². The van der Waals surface area contributed by atoms with Gasteiger partial charge in [0.15, 0.2) is 0 Å². The van der Waals surface area contributed by atoms with E-state index in [9.17, 15) is 14.4 Å². The van der Waals surface area contributed by atoms with Crippen LogP contribution in [0, 0.1) is 11.4 Å². The van der Waals surface area contributed by atoms with E-state index in [0.717, 1.165) is 6.21 Å². The van der Waals surface area contributed by atoms with Crippen molar-refractivity contribution in [3.63, 3.8) is 0 Å². The first-order valence-electron chi connectivity index (χ1n) is 7.66. The van der Waals surface area contributed by atoms with E-state index in [1.807, 2.05) is 13.8 Å². The van der Waals surface area contributed by atoms with Gasteiger partial charge in [0.25, 0.3) is 0 Å². The lowest BCUT2D eigenvalue weighted by atomic mass is 10.0. The van der Waals surface area contributed by atoms with Gasteiger partial charge in [0.2, 0.25) is 11.7 Å². The molecule has 23 heavy (non-hydrogen) atoms. The molecule has 0 saturated heterocycles. The molecule has 8 nitrogen and oxygen atoms in total. The van der Waals surface area contributed by atoms with Crippen LogP contribution in [0.5, 0.6) is 0 Å². The van der Waals surface area contributed by atoms with Crippen LogP contribution in [0.2, 0.25) is 0 Å². The number of Topliss-reactive ketones (excluding diaryl/α,β-unsaturated/α-hetero) is 1. The van der Waals surface area contributed by atoms with Crippen LogP contribution in [0.3, 0.4) is 0 Å². The average Bonchev–Trinajstić information content (AvgIpc) is 2.41. The molecule has 0 heterocycles. The summed E-state index contributed by atoms with van der Waals surface area (Å²) in [6.45, 7) is 7.27. The summed E-state index contributed by atoms with van der Waals surface area (Å²) in [4.78, 5) is 38.4. The van der Waals surface area contributed by atoms with Crippen LogP contribution in [0.4, 0.5) is 0 Å². The Hall–Kier alpha value is -2.05. The highest BCUT2D eigenvalue weighted by molar-refractivity contribution is 6.25. The van der Waals surface area contributed by atoms with Gasteiger partial charge in [-0.15, -0.1) is 0 Å². The number of ketones is 1. The van der Waals surface area contributed by atoms with Crippen LogP contribution >= 0.6 is 0 Å². The van der Waals surface area contributed by atoms with Gasteiger partial charge >= 0.3 is 12.2 Å². The molecule has 4 N–H and O–H groups in total. The molecule has 130 valence electrons. The van der Waals surface area contributed by atoms with Crippen molar-refractivity contribution in [2.75, 3.05) is 0 Å². The van der Waals surface area contributed by atoms with Gasteiger partial charge in [-0.25, -0.2) is 4.79 Å². The Bertz CT molecular complexity index is 470. The van der Waals surface area contributed by atoms with Crippen LogP contribution in [0.15, 0.2) is 0 Å². The molecule has 0 spiro atoms. The third kappa shape index (κ3) is 9.55. The monoisotopic (exact) mass is 327 g/mol. The summed E-state index contributed by atoms with van der Waals surface area (Å²) in [5, 5.41) is 2.54. The fraction of sp³-hybridized carbons (Fsp3) is 0.733. The number of carbonyl (C=O) groups is 3. The van der Waals surface area contributed by atoms with Crippen molar-refractivity contribution in [2.45, 2.75) is 65.1 Å². The van der Waals surface area contributed by atoms with Crippen LogP contribution in [0.25, 0.3) is 0 Å². The number of carbonyl (C=O) groups excluding carboxylic acids is 3. The van der Waals surface area contributed by atoms with Crippen molar-refractivity contribution < 1.29 is 23.9 Å². The van der Waals surface area contributed by atoms with Crippen molar-refractivity contribution in [1.29, 1.82) is 5.53 Å². The van der Waals surface area contributed by atoms with Gasteiger partial charge in [-0.2, -0.15) is 0 Å².